The van der Waals surface area contributed by atoms with Crippen molar-refractivity contribution in [2.45, 2.75) is 57.6 Å². The molecular formula is C19H28O8. The van der Waals surface area contributed by atoms with E-state index >= 15 is 0 Å². The zero-order valence-electron chi connectivity index (χ0n) is 15.6. The minimum atomic E-state index is -1.53. The number of aliphatic hydroxyl groups excluding tert-OH is 5. The van der Waals surface area contributed by atoms with Gasteiger partial charge in [0.05, 0.1) is 19.3 Å². The SMILES string of the molecule is CC1=CC(=O)C=C(C)C1(C)/C=C/C(O)CO[C@@H]1O[C@H](CO)[C@@H](O)[C@H](O)[C@H]1O. The van der Waals surface area contributed by atoms with Crippen molar-refractivity contribution in [2.75, 3.05) is 13.2 Å². The van der Waals surface area contributed by atoms with E-state index in [0.29, 0.717) is 0 Å². The molecule has 0 aromatic rings. The minimum absolute atomic E-state index is 0.0672. The summed E-state index contributed by atoms with van der Waals surface area (Å²) in [5.41, 5.74) is 1.20. The lowest BCUT2D eigenvalue weighted by Gasteiger charge is -2.39. The number of ether oxygens (including phenoxy) is 2. The van der Waals surface area contributed by atoms with E-state index in [1.807, 2.05) is 20.8 Å². The van der Waals surface area contributed by atoms with Gasteiger partial charge in [-0.3, -0.25) is 4.79 Å². The van der Waals surface area contributed by atoms with E-state index in [1.54, 1.807) is 18.2 Å². The molecule has 0 bridgehead atoms. The van der Waals surface area contributed by atoms with E-state index in [1.165, 1.54) is 6.08 Å². The number of aliphatic hydroxyl groups is 5. The second kappa shape index (κ2) is 8.74. The van der Waals surface area contributed by atoms with E-state index in [-0.39, 0.29) is 12.4 Å². The first kappa shape index (κ1) is 21.9. The summed E-state index contributed by atoms with van der Waals surface area (Å²) >= 11 is 0. The highest BCUT2D eigenvalue weighted by atomic mass is 16.7. The Morgan fingerprint density at radius 1 is 1.19 bits per heavy atom. The third-order valence-corrected chi connectivity index (χ3v) is 5.29. The van der Waals surface area contributed by atoms with E-state index in [0.717, 1.165) is 11.1 Å². The quantitative estimate of drug-likeness (QED) is 0.376. The molecule has 8 nitrogen and oxygen atoms in total. The maximum Gasteiger partial charge on any atom is 0.186 e. The third kappa shape index (κ3) is 4.72. The average molecular weight is 384 g/mol. The standard InChI is InChI=1S/C19H28O8/c1-10-6-13(22)7-11(2)19(10,3)5-4-12(21)9-26-18-17(25)16(24)15(23)14(8-20)27-18/h4-7,12,14-18,20-21,23-25H,8-9H2,1-3H3/b5-4+/t12?,14-,15-,16+,17-,18-/m1/s1. The van der Waals surface area contributed by atoms with Crippen LogP contribution in [0.15, 0.2) is 35.5 Å². The van der Waals surface area contributed by atoms with Crippen LogP contribution in [0.1, 0.15) is 20.8 Å². The Morgan fingerprint density at radius 3 is 2.33 bits per heavy atom. The molecule has 152 valence electrons. The van der Waals surface area contributed by atoms with Crippen LogP contribution in [0.2, 0.25) is 0 Å². The number of carbonyl (C=O) groups is 1. The van der Waals surface area contributed by atoms with Crippen molar-refractivity contribution in [2.24, 2.45) is 5.41 Å². The van der Waals surface area contributed by atoms with Crippen molar-refractivity contribution in [3.63, 3.8) is 0 Å². The smallest absolute Gasteiger partial charge is 0.186 e. The number of hydrogen-bond acceptors (Lipinski definition) is 8. The fraction of sp³-hybridized carbons (Fsp3) is 0.632. The molecule has 2 aliphatic rings. The Bertz CT molecular complexity index is 614. The van der Waals surface area contributed by atoms with Crippen LogP contribution in [0.25, 0.3) is 0 Å². The van der Waals surface area contributed by atoms with Crippen LogP contribution < -0.4 is 0 Å². The van der Waals surface area contributed by atoms with Crippen molar-refractivity contribution in [1.82, 2.24) is 0 Å². The molecule has 0 radical (unpaired) electrons. The first-order valence-corrected chi connectivity index (χ1v) is 8.81. The predicted octanol–water partition coefficient (Wildman–Crippen LogP) is -0.798. The van der Waals surface area contributed by atoms with Gasteiger partial charge in [0.15, 0.2) is 12.1 Å². The summed E-state index contributed by atoms with van der Waals surface area (Å²) < 4.78 is 10.5. The Balaban J connectivity index is 1.97. The lowest BCUT2D eigenvalue weighted by atomic mass is 9.73. The molecule has 6 atom stereocenters. The van der Waals surface area contributed by atoms with E-state index in [2.05, 4.69) is 0 Å². The molecule has 0 aromatic carbocycles. The fourth-order valence-electron chi connectivity index (χ4n) is 3.10. The van der Waals surface area contributed by atoms with Gasteiger partial charge < -0.3 is 35.0 Å². The molecule has 1 heterocycles. The summed E-state index contributed by atoms with van der Waals surface area (Å²) in [7, 11) is 0. The van der Waals surface area contributed by atoms with Crippen LogP contribution in [0.4, 0.5) is 0 Å². The van der Waals surface area contributed by atoms with Gasteiger partial charge in [0, 0.05) is 5.41 Å². The normalized spacial score (nSPS) is 35.1. The Labute approximate surface area is 158 Å². The molecule has 8 heteroatoms. The molecular weight excluding hydrogens is 356 g/mol. The number of allylic oxidation sites excluding steroid dienone is 5. The number of rotatable bonds is 6. The van der Waals surface area contributed by atoms with Crippen LogP contribution in [-0.4, -0.2) is 81.3 Å². The van der Waals surface area contributed by atoms with Crippen LogP contribution in [0, 0.1) is 5.41 Å². The Hall–Kier alpha value is -1.39. The molecule has 27 heavy (non-hydrogen) atoms. The van der Waals surface area contributed by atoms with Gasteiger partial charge in [-0.15, -0.1) is 0 Å². The van der Waals surface area contributed by atoms with Crippen LogP contribution >= 0.6 is 0 Å². The lowest BCUT2D eigenvalue weighted by Crippen LogP contribution is -2.59. The molecule has 1 saturated heterocycles. The van der Waals surface area contributed by atoms with Crippen molar-refractivity contribution in [3.05, 3.63) is 35.5 Å². The molecule has 1 aliphatic carbocycles. The fourth-order valence-corrected chi connectivity index (χ4v) is 3.10. The van der Waals surface area contributed by atoms with E-state index in [4.69, 9.17) is 14.6 Å². The molecule has 5 N–H and O–H groups in total. The Morgan fingerprint density at radius 2 is 1.78 bits per heavy atom. The molecule has 0 aromatic heterocycles. The van der Waals surface area contributed by atoms with E-state index < -0.39 is 48.8 Å². The summed E-state index contributed by atoms with van der Waals surface area (Å²) in [6.07, 6.45) is -1.52. The monoisotopic (exact) mass is 384 g/mol. The van der Waals surface area contributed by atoms with Gasteiger partial charge in [-0.2, -0.15) is 0 Å². The molecule has 0 spiro atoms. The molecule has 0 saturated carbocycles. The van der Waals surface area contributed by atoms with Crippen molar-refractivity contribution in [3.8, 4) is 0 Å². The van der Waals surface area contributed by atoms with Crippen molar-refractivity contribution >= 4 is 5.78 Å². The predicted molar refractivity (Wildman–Crippen MR) is 95.5 cm³/mol. The largest absolute Gasteiger partial charge is 0.394 e. The first-order chi connectivity index (χ1) is 12.6. The van der Waals surface area contributed by atoms with E-state index in [9.17, 15) is 25.2 Å². The van der Waals surface area contributed by atoms with Crippen molar-refractivity contribution in [1.29, 1.82) is 0 Å². The number of hydrogen-bond donors (Lipinski definition) is 5. The van der Waals surface area contributed by atoms with Crippen LogP contribution in [0.5, 0.6) is 0 Å². The van der Waals surface area contributed by atoms with Gasteiger partial charge in [-0.05, 0) is 32.9 Å². The Kier molecular flexibility index (Phi) is 7.09. The summed E-state index contributed by atoms with van der Waals surface area (Å²) in [5, 5.41) is 48.7. The second-order valence-electron chi connectivity index (χ2n) is 7.22. The van der Waals surface area contributed by atoms with Gasteiger partial charge in [0.25, 0.3) is 0 Å². The maximum atomic E-state index is 11.6. The van der Waals surface area contributed by atoms with Gasteiger partial charge in [-0.1, -0.05) is 23.3 Å². The van der Waals surface area contributed by atoms with Crippen LogP contribution in [-0.2, 0) is 14.3 Å². The summed E-state index contributed by atoms with van der Waals surface area (Å²) in [4.78, 5) is 11.6. The van der Waals surface area contributed by atoms with Crippen LogP contribution in [0.3, 0.4) is 0 Å². The number of carbonyl (C=O) groups excluding carboxylic acids is 1. The van der Waals surface area contributed by atoms with Gasteiger partial charge in [0.2, 0.25) is 0 Å². The number of ketones is 1. The third-order valence-electron chi connectivity index (χ3n) is 5.29. The highest BCUT2D eigenvalue weighted by molar-refractivity contribution is 6.01. The van der Waals surface area contributed by atoms with Gasteiger partial charge >= 0.3 is 0 Å². The summed E-state index contributed by atoms with van der Waals surface area (Å²) in [6.45, 7) is 4.82. The highest BCUT2D eigenvalue weighted by Gasteiger charge is 2.44. The maximum absolute atomic E-state index is 11.6. The first-order valence-electron chi connectivity index (χ1n) is 8.81. The molecule has 0 amide bonds. The molecule has 2 rings (SSSR count). The average Bonchev–Trinajstić information content (AvgIpc) is 2.62. The zero-order valence-corrected chi connectivity index (χ0v) is 15.6. The highest BCUT2D eigenvalue weighted by Crippen LogP contribution is 2.39. The van der Waals surface area contributed by atoms with Gasteiger partial charge in [0.1, 0.15) is 24.4 Å². The van der Waals surface area contributed by atoms with Gasteiger partial charge in [-0.25, -0.2) is 0 Å². The molecule has 1 aliphatic heterocycles. The molecule has 1 unspecified atom stereocenters. The minimum Gasteiger partial charge on any atom is -0.394 e. The topological polar surface area (TPSA) is 137 Å². The summed E-state index contributed by atoms with van der Waals surface area (Å²) in [5.74, 6) is -0.0672. The summed E-state index contributed by atoms with van der Waals surface area (Å²) in [6, 6.07) is 0. The lowest BCUT2D eigenvalue weighted by molar-refractivity contribution is -0.303. The molecule has 1 fully saturated rings. The van der Waals surface area contributed by atoms with Crippen molar-refractivity contribution < 1.29 is 39.8 Å². The second-order valence-corrected chi connectivity index (χ2v) is 7.22. The zero-order chi connectivity index (χ0) is 20.4.